The van der Waals surface area contributed by atoms with Crippen LogP contribution in [0.3, 0.4) is 0 Å². The number of unbranched alkanes of at least 4 members (excludes halogenated alkanes) is 1. The summed E-state index contributed by atoms with van der Waals surface area (Å²) in [4.78, 5) is 27.4. The molecule has 0 N–H and O–H groups in total. The average Bonchev–Trinajstić information content (AvgIpc) is 3.24. The zero-order valence-corrected chi connectivity index (χ0v) is 15.6. The highest BCUT2D eigenvalue weighted by molar-refractivity contribution is 9.10. The topological polar surface area (TPSA) is 55.8 Å². The smallest absolute Gasteiger partial charge is 0.312 e. The molecule has 3 aliphatic rings. The Hall–Kier alpha value is -1.66. The van der Waals surface area contributed by atoms with Gasteiger partial charge in [0.15, 0.2) is 0 Å². The lowest BCUT2D eigenvalue weighted by molar-refractivity contribution is -0.152. The van der Waals surface area contributed by atoms with Crippen LogP contribution in [0.2, 0.25) is 0 Å². The number of esters is 1. The zero-order chi connectivity index (χ0) is 17.6. The lowest BCUT2D eigenvalue weighted by Gasteiger charge is -2.22. The van der Waals surface area contributed by atoms with E-state index in [1.54, 1.807) is 4.90 Å². The molecular weight excluding hydrogens is 386 g/mol. The molecule has 1 spiro atoms. The molecule has 3 aliphatic heterocycles. The molecule has 0 aromatic heterocycles. The third kappa shape index (κ3) is 2.62. The lowest BCUT2D eigenvalue weighted by atomic mass is 9.77. The number of carbonyl (C=O) groups excluding carboxylic acids is 2. The van der Waals surface area contributed by atoms with E-state index >= 15 is 0 Å². The van der Waals surface area contributed by atoms with Crippen LogP contribution in [-0.2, 0) is 19.1 Å². The van der Waals surface area contributed by atoms with E-state index in [1.165, 1.54) is 0 Å². The Balaban J connectivity index is 1.59. The highest BCUT2D eigenvalue weighted by Crippen LogP contribution is 2.52. The molecule has 2 saturated heterocycles. The van der Waals surface area contributed by atoms with Gasteiger partial charge < -0.3 is 14.4 Å². The average molecular weight is 406 g/mol. The molecule has 2 bridgehead atoms. The van der Waals surface area contributed by atoms with Gasteiger partial charge in [-0.25, -0.2) is 0 Å². The van der Waals surface area contributed by atoms with Crippen LogP contribution in [0.15, 0.2) is 40.9 Å². The van der Waals surface area contributed by atoms with E-state index < -0.39 is 17.4 Å². The van der Waals surface area contributed by atoms with E-state index in [9.17, 15) is 9.59 Å². The summed E-state index contributed by atoms with van der Waals surface area (Å²) in [6.45, 7) is 2.87. The van der Waals surface area contributed by atoms with Crippen LogP contribution in [0, 0.1) is 11.8 Å². The summed E-state index contributed by atoms with van der Waals surface area (Å²) in [6, 6.07) is 7.59. The molecule has 0 radical (unpaired) electrons. The van der Waals surface area contributed by atoms with Crippen molar-refractivity contribution in [3.05, 3.63) is 40.9 Å². The second-order valence-electron chi connectivity index (χ2n) is 6.82. The summed E-state index contributed by atoms with van der Waals surface area (Å²) in [7, 11) is 0. The SMILES string of the molecule is CCCCOC(=O)[C@@H]1[C@H]2C(=O)N(c3ccc(Br)cc3)C[C@]23C=C[C@H]1O3. The number of amides is 1. The van der Waals surface area contributed by atoms with E-state index in [-0.39, 0.29) is 18.0 Å². The first-order chi connectivity index (χ1) is 12.1. The molecule has 2 fully saturated rings. The number of anilines is 1. The summed E-state index contributed by atoms with van der Waals surface area (Å²) in [5, 5.41) is 0. The highest BCUT2D eigenvalue weighted by atomic mass is 79.9. The predicted octanol–water partition coefficient (Wildman–Crippen LogP) is 3.08. The Bertz CT molecular complexity index is 731. The van der Waals surface area contributed by atoms with Crippen LogP contribution in [0.1, 0.15) is 19.8 Å². The molecular formula is C19H20BrNO4. The first-order valence-electron chi connectivity index (χ1n) is 8.66. The highest BCUT2D eigenvalue weighted by Gasteiger charge is 2.67. The van der Waals surface area contributed by atoms with Crippen molar-refractivity contribution in [2.24, 2.45) is 11.8 Å². The number of hydrogen-bond acceptors (Lipinski definition) is 4. The van der Waals surface area contributed by atoms with Crippen molar-refractivity contribution in [1.29, 1.82) is 0 Å². The molecule has 3 heterocycles. The molecule has 25 heavy (non-hydrogen) atoms. The number of halogens is 1. The van der Waals surface area contributed by atoms with Gasteiger partial charge in [-0.2, -0.15) is 0 Å². The second kappa shape index (κ2) is 6.25. The van der Waals surface area contributed by atoms with Crippen LogP contribution < -0.4 is 4.90 Å². The number of nitrogens with zero attached hydrogens (tertiary/aromatic N) is 1. The second-order valence-corrected chi connectivity index (χ2v) is 7.74. The van der Waals surface area contributed by atoms with Crippen LogP contribution >= 0.6 is 15.9 Å². The van der Waals surface area contributed by atoms with Crippen molar-refractivity contribution < 1.29 is 19.1 Å². The Labute approximate surface area is 155 Å². The molecule has 0 unspecified atom stereocenters. The van der Waals surface area contributed by atoms with Crippen molar-refractivity contribution in [2.75, 3.05) is 18.1 Å². The molecule has 0 aliphatic carbocycles. The zero-order valence-electron chi connectivity index (χ0n) is 14.0. The van der Waals surface area contributed by atoms with Gasteiger partial charge in [0.2, 0.25) is 5.91 Å². The van der Waals surface area contributed by atoms with Crippen LogP contribution in [0.4, 0.5) is 5.69 Å². The normalized spacial score (nSPS) is 32.3. The van der Waals surface area contributed by atoms with Crippen molar-refractivity contribution in [2.45, 2.75) is 31.5 Å². The molecule has 6 heteroatoms. The van der Waals surface area contributed by atoms with Gasteiger partial charge in [-0.15, -0.1) is 0 Å². The maximum absolute atomic E-state index is 13.1. The molecule has 5 nitrogen and oxygen atoms in total. The number of hydrogen-bond donors (Lipinski definition) is 0. The van der Waals surface area contributed by atoms with Gasteiger partial charge in [-0.1, -0.05) is 41.4 Å². The Morgan fingerprint density at radius 2 is 2.16 bits per heavy atom. The van der Waals surface area contributed by atoms with Gasteiger partial charge in [0.05, 0.1) is 25.2 Å². The summed E-state index contributed by atoms with van der Waals surface area (Å²) in [5.41, 5.74) is 0.110. The van der Waals surface area contributed by atoms with E-state index in [1.807, 2.05) is 43.3 Å². The van der Waals surface area contributed by atoms with Crippen molar-refractivity contribution >= 4 is 33.5 Å². The molecule has 4 atom stereocenters. The summed E-state index contributed by atoms with van der Waals surface area (Å²) >= 11 is 3.41. The standard InChI is InChI=1S/C19H20BrNO4/c1-2-3-10-24-18(23)15-14-8-9-19(25-14)11-21(17(22)16(15)19)13-6-4-12(20)5-7-13/h4-9,14-16H,2-3,10-11H2,1H3/t14-,15+,16+,19-/m1/s1. The van der Waals surface area contributed by atoms with Crippen LogP contribution in [0.25, 0.3) is 0 Å². The number of fused-ring (bicyclic) bond motifs is 1. The number of benzene rings is 1. The minimum absolute atomic E-state index is 0.0633. The Morgan fingerprint density at radius 3 is 2.88 bits per heavy atom. The van der Waals surface area contributed by atoms with Gasteiger partial charge in [-0.3, -0.25) is 9.59 Å². The monoisotopic (exact) mass is 405 g/mol. The number of rotatable bonds is 5. The summed E-state index contributed by atoms with van der Waals surface area (Å²) < 4.78 is 12.4. The summed E-state index contributed by atoms with van der Waals surface area (Å²) in [6.07, 6.45) is 5.29. The van der Waals surface area contributed by atoms with E-state index in [2.05, 4.69) is 15.9 Å². The molecule has 1 aromatic carbocycles. The largest absolute Gasteiger partial charge is 0.465 e. The number of carbonyl (C=O) groups is 2. The fourth-order valence-corrected chi connectivity index (χ4v) is 4.28. The maximum Gasteiger partial charge on any atom is 0.312 e. The quantitative estimate of drug-likeness (QED) is 0.429. The van der Waals surface area contributed by atoms with Crippen LogP contribution in [0.5, 0.6) is 0 Å². The van der Waals surface area contributed by atoms with Gasteiger partial charge in [0, 0.05) is 10.2 Å². The Morgan fingerprint density at radius 1 is 1.40 bits per heavy atom. The van der Waals surface area contributed by atoms with E-state index in [4.69, 9.17) is 9.47 Å². The predicted molar refractivity (Wildman–Crippen MR) is 96.1 cm³/mol. The maximum atomic E-state index is 13.1. The fraction of sp³-hybridized carbons (Fsp3) is 0.474. The van der Waals surface area contributed by atoms with Crippen molar-refractivity contribution in [3.63, 3.8) is 0 Å². The minimum atomic E-state index is -0.705. The molecule has 1 aromatic rings. The van der Waals surface area contributed by atoms with Gasteiger partial charge >= 0.3 is 5.97 Å². The molecule has 1 amide bonds. The third-order valence-electron chi connectivity index (χ3n) is 5.25. The first kappa shape index (κ1) is 16.8. The minimum Gasteiger partial charge on any atom is -0.465 e. The van der Waals surface area contributed by atoms with Crippen LogP contribution in [-0.4, -0.2) is 36.7 Å². The fourth-order valence-electron chi connectivity index (χ4n) is 4.02. The third-order valence-corrected chi connectivity index (χ3v) is 5.78. The molecule has 0 saturated carbocycles. The van der Waals surface area contributed by atoms with Gasteiger partial charge in [0.25, 0.3) is 0 Å². The van der Waals surface area contributed by atoms with Crippen molar-refractivity contribution in [3.8, 4) is 0 Å². The van der Waals surface area contributed by atoms with Gasteiger partial charge in [-0.05, 0) is 30.7 Å². The first-order valence-corrected chi connectivity index (χ1v) is 9.46. The van der Waals surface area contributed by atoms with E-state index in [0.717, 1.165) is 23.0 Å². The molecule has 132 valence electrons. The number of ether oxygens (including phenoxy) is 2. The Kier molecular flexibility index (Phi) is 4.20. The summed E-state index contributed by atoms with van der Waals surface area (Å²) in [5.74, 6) is -1.43. The van der Waals surface area contributed by atoms with E-state index in [0.29, 0.717) is 13.2 Å². The van der Waals surface area contributed by atoms with Gasteiger partial charge in [0.1, 0.15) is 11.5 Å². The lowest BCUT2D eigenvalue weighted by Crippen LogP contribution is -2.40. The van der Waals surface area contributed by atoms with Crippen molar-refractivity contribution in [1.82, 2.24) is 0 Å². The molecule has 4 rings (SSSR count).